The number of rotatable bonds is 6. The number of nitrogens with one attached hydrogen (secondary N) is 1. The molecule has 0 radical (unpaired) electrons. The Kier molecular flexibility index (Phi) is 5.67. The van der Waals surface area contributed by atoms with E-state index in [1.54, 1.807) is 30.0 Å². The Labute approximate surface area is 161 Å². The molecule has 146 valence electrons. The molecule has 1 atom stereocenters. The summed E-state index contributed by atoms with van der Waals surface area (Å²) < 4.78 is 13.0. The Morgan fingerprint density at radius 2 is 2.00 bits per heavy atom. The molecular formula is C20H20FN3O4. The highest BCUT2D eigenvalue weighted by molar-refractivity contribution is 5.97. The topological polar surface area (TPSA) is 92.5 Å². The quantitative estimate of drug-likeness (QED) is 0.611. The predicted octanol–water partition coefficient (Wildman–Crippen LogP) is 3.07. The fourth-order valence-electron chi connectivity index (χ4n) is 3.17. The zero-order chi connectivity index (χ0) is 20.3. The summed E-state index contributed by atoms with van der Waals surface area (Å²) in [5, 5.41) is 13.6. The van der Waals surface area contributed by atoms with E-state index in [9.17, 15) is 24.1 Å². The number of nitro benzene ring substituents is 1. The van der Waals surface area contributed by atoms with Gasteiger partial charge in [0, 0.05) is 31.6 Å². The molecule has 28 heavy (non-hydrogen) atoms. The van der Waals surface area contributed by atoms with Crippen molar-refractivity contribution in [1.82, 2.24) is 4.90 Å². The third-order valence-electron chi connectivity index (χ3n) is 4.86. The lowest BCUT2D eigenvalue weighted by molar-refractivity contribution is -0.384. The van der Waals surface area contributed by atoms with E-state index in [0.717, 1.165) is 5.56 Å². The van der Waals surface area contributed by atoms with E-state index in [4.69, 9.17) is 0 Å². The molecule has 2 amide bonds. The first-order chi connectivity index (χ1) is 13.3. The number of non-ortho nitro benzene ring substituents is 1. The molecule has 7 nitrogen and oxygen atoms in total. The van der Waals surface area contributed by atoms with E-state index in [2.05, 4.69) is 5.32 Å². The summed E-state index contributed by atoms with van der Waals surface area (Å²) in [5.41, 5.74) is 1.88. The highest BCUT2D eigenvalue weighted by Gasteiger charge is 2.34. The van der Waals surface area contributed by atoms with Crippen molar-refractivity contribution in [1.29, 1.82) is 0 Å². The second-order valence-corrected chi connectivity index (χ2v) is 6.86. The van der Waals surface area contributed by atoms with Crippen LogP contribution in [0.15, 0.2) is 42.5 Å². The van der Waals surface area contributed by atoms with Crippen LogP contribution in [0, 0.1) is 28.8 Å². The number of benzene rings is 2. The third kappa shape index (κ3) is 4.51. The largest absolute Gasteiger partial charge is 0.342 e. The average Bonchev–Trinajstić information content (AvgIpc) is 3.04. The molecule has 0 aliphatic carbocycles. The van der Waals surface area contributed by atoms with Gasteiger partial charge in [0.2, 0.25) is 11.8 Å². The first-order valence-electron chi connectivity index (χ1n) is 8.91. The summed E-state index contributed by atoms with van der Waals surface area (Å²) in [6, 6.07) is 10.4. The van der Waals surface area contributed by atoms with Crippen LogP contribution in [0.5, 0.6) is 0 Å². The maximum absolute atomic E-state index is 13.0. The molecule has 1 aliphatic heterocycles. The van der Waals surface area contributed by atoms with Gasteiger partial charge in [0.25, 0.3) is 5.69 Å². The number of carbonyl (C=O) groups is 2. The summed E-state index contributed by atoms with van der Waals surface area (Å²) >= 11 is 0. The van der Waals surface area contributed by atoms with Crippen LogP contribution < -0.4 is 5.32 Å². The normalized spacial score (nSPS) is 16.3. The molecule has 1 N–H and O–H groups in total. The van der Waals surface area contributed by atoms with Crippen LogP contribution in [0.25, 0.3) is 0 Å². The highest BCUT2D eigenvalue weighted by Crippen LogP contribution is 2.25. The maximum Gasteiger partial charge on any atom is 0.271 e. The molecule has 0 spiro atoms. The van der Waals surface area contributed by atoms with Crippen molar-refractivity contribution in [3.05, 3.63) is 69.5 Å². The van der Waals surface area contributed by atoms with E-state index < -0.39 is 10.8 Å². The van der Waals surface area contributed by atoms with Gasteiger partial charge in [-0.05, 0) is 36.6 Å². The van der Waals surface area contributed by atoms with Gasteiger partial charge in [-0.15, -0.1) is 0 Å². The molecule has 2 aromatic rings. The van der Waals surface area contributed by atoms with E-state index >= 15 is 0 Å². The number of likely N-dealkylation sites (tertiary alicyclic amines) is 1. The number of carbonyl (C=O) groups excluding carboxylic acids is 2. The summed E-state index contributed by atoms with van der Waals surface area (Å²) in [4.78, 5) is 36.8. The van der Waals surface area contributed by atoms with Crippen molar-refractivity contribution in [2.75, 3.05) is 18.4 Å². The van der Waals surface area contributed by atoms with E-state index in [1.807, 2.05) is 0 Å². The number of anilines is 1. The van der Waals surface area contributed by atoms with Gasteiger partial charge in [0.05, 0.1) is 16.5 Å². The first-order valence-corrected chi connectivity index (χ1v) is 8.91. The second kappa shape index (κ2) is 8.16. The average molecular weight is 385 g/mol. The fourth-order valence-corrected chi connectivity index (χ4v) is 3.17. The van der Waals surface area contributed by atoms with Crippen molar-refractivity contribution in [2.24, 2.45) is 5.92 Å². The zero-order valence-electron chi connectivity index (χ0n) is 15.4. The van der Waals surface area contributed by atoms with E-state index in [0.29, 0.717) is 30.8 Å². The molecule has 1 fully saturated rings. The maximum atomic E-state index is 13.0. The van der Waals surface area contributed by atoms with Crippen molar-refractivity contribution < 1.29 is 18.9 Å². The van der Waals surface area contributed by atoms with Gasteiger partial charge in [-0.25, -0.2) is 4.39 Å². The van der Waals surface area contributed by atoms with Gasteiger partial charge in [0.1, 0.15) is 5.82 Å². The number of aryl methyl sites for hydroxylation is 1. The number of hydrogen-bond donors (Lipinski definition) is 1. The van der Waals surface area contributed by atoms with Crippen molar-refractivity contribution in [3.63, 3.8) is 0 Å². The molecule has 0 aromatic heterocycles. The molecule has 0 bridgehead atoms. The van der Waals surface area contributed by atoms with Gasteiger partial charge in [-0.3, -0.25) is 19.7 Å². The fraction of sp³-hybridized carbons (Fsp3) is 0.300. The Hall–Kier alpha value is -3.29. The summed E-state index contributed by atoms with van der Waals surface area (Å²) in [7, 11) is 0. The molecular weight excluding hydrogens is 365 g/mol. The van der Waals surface area contributed by atoms with Crippen LogP contribution in [-0.4, -0.2) is 34.7 Å². The molecule has 1 aliphatic rings. The van der Waals surface area contributed by atoms with E-state index in [1.165, 1.54) is 24.3 Å². The molecule has 0 unspecified atom stereocenters. The van der Waals surface area contributed by atoms with Crippen LogP contribution in [-0.2, 0) is 16.0 Å². The number of nitrogens with zero attached hydrogens (tertiary/aromatic N) is 2. The smallest absolute Gasteiger partial charge is 0.271 e. The van der Waals surface area contributed by atoms with E-state index in [-0.39, 0.29) is 29.7 Å². The van der Waals surface area contributed by atoms with Crippen LogP contribution >= 0.6 is 0 Å². The Balaban J connectivity index is 1.60. The molecule has 1 saturated heterocycles. The molecule has 2 aromatic carbocycles. The highest BCUT2D eigenvalue weighted by atomic mass is 19.1. The van der Waals surface area contributed by atoms with Crippen molar-refractivity contribution >= 4 is 23.2 Å². The molecule has 1 heterocycles. The number of hydrogen-bond acceptors (Lipinski definition) is 4. The third-order valence-corrected chi connectivity index (χ3v) is 4.86. The molecule has 8 heteroatoms. The Morgan fingerprint density at radius 3 is 2.68 bits per heavy atom. The minimum absolute atomic E-state index is 0.100. The van der Waals surface area contributed by atoms with Gasteiger partial charge in [-0.1, -0.05) is 18.2 Å². The van der Waals surface area contributed by atoms with Crippen molar-refractivity contribution in [2.45, 2.75) is 19.8 Å². The number of nitro groups is 1. The minimum atomic E-state index is -0.522. The summed E-state index contributed by atoms with van der Waals surface area (Å²) in [6.07, 6.45) is 0.674. The lowest BCUT2D eigenvalue weighted by Gasteiger charge is -2.17. The standard InChI is InChI=1S/C20H20FN3O4/c1-13-2-7-17(24(27)28)11-18(13)22-20(26)15-10-19(25)23(12-15)9-8-14-3-5-16(21)6-4-14/h2-7,11,15H,8-10,12H2,1H3,(H,22,26)/t15-/m0/s1. The van der Waals surface area contributed by atoms with Crippen LogP contribution in [0.1, 0.15) is 17.5 Å². The SMILES string of the molecule is Cc1ccc([N+](=O)[O-])cc1NC(=O)[C@H]1CC(=O)N(CCc2ccc(F)cc2)C1. The van der Waals surface area contributed by atoms with Crippen molar-refractivity contribution in [3.8, 4) is 0 Å². The minimum Gasteiger partial charge on any atom is -0.342 e. The van der Waals surface area contributed by atoms with Crippen LogP contribution in [0.4, 0.5) is 15.8 Å². The number of halogens is 1. The lowest BCUT2D eigenvalue weighted by Crippen LogP contribution is -2.30. The zero-order valence-corrected chi connectivity index (χ0v) is 15.4. The molecule has 3 rings (SSSR count). The summed E-state index contributed by atoms with van der Waals surface area (Å²) in [6.45, 7) is 2.48. The molecule has 0 saturated carbocycles. The summed E-state index contributed by atoms with van der Waals surface area (Å²) in [5.74, 6) is -1.27. The van der Waals surface area contributed by atoms with Gasteiger partial charge in [-0.2, -0.15) is 0 Å². The number of amides is 2. The Morgan fingerprint density at radius 1 is 1.29 bits per heavy atom. The predicted molar refractivity (Wildman–Crippen MR) is 101 cm³/mol. The van der Waals surface area contributed by atoms with Gasteiger partial charge in [0.15, 0.2) is 0 Å². The van der Waals surface area contributed by atoms with Gasteiger partial charge < -0.3 is 10.2 Å². The van der Waals surface area contributed by atoms with Crippen LogP contribution in [0.3, 0.4) is 0 Å². The second-order valence-electron chi connectivity index (χ2n) is 6.86. The van der Waals surface area contributed by atoms with Crippen LogP contribution in [0.2, 0.25) is 0 Å². The Bertz CT molecular complexity index is 914. The lowest BCUT2D eigenvalue weighted by atomic mass is 10.1. The van der Waals surface area contributed by atoms with Gasteiger partial charge >= 0.3 is 0 Å². The first kappa shape index (κ1) is 19.5. The monoisotopic (exact) mass is 385 g/mol.